The van der Waals surface area contributed by atoms with Crippen LogP contribution >= 0.6 is 0 Å². The smallest absolute Gasteiger partial charge is 0.271 e. The Bertz CT molecular complexity index is 1070. The number of hydrazone groups is 1. The molecule has 1 atom stereocenters. The molecular weight excluding hydrogens is 374 g/mol. The molecular formula is C25H26N3O2+. The Hall–Kier alpha value is -3.44. The summed E-state index contributed by atoms with van der Waals surface area (Å²) in [6, 6.07) is 23.3. The van der Waals surface area contributed by atoms with E-state index in [0.717, 1.165) is 26.1 Å². The van der Waals surface area contributed by atoms with Crippen molar-refractivity contribution < 1.29 is 14.8 Å². The maximum absolute atomic E-state index is 12.4. The molecule has 4 rings (SSSR count). The zero-order valence-corrected chi connectivity index (χ0v) is 17.1. The molecule has 1 aliphatic heterocycles. The van der Waals surface area contributed by atoms with Crippen molar-refractivity contribution in [2.24, 2.45) is 5.10 Å². The van der Waals surface area contributed by atoms with Crippen LogP contribution in [0.1, 0.15) is 39.5 Å². The van der Waals surface area contributed by atoms with Crippen LogP contribution in [0.4, 0.5) is 0 Å². The van der Waals surface area contributed by atoms with Crippen LogP contribution in [0, 0.1) is 0 Å². The number of nitrogens with one attached hydrogen (secondary N) is 2. The van der Waals surface area contributed by atoms with E-state index in [9.17, 15) is 9.90 Å². The second kappa shape index (κ2) is 8.93. The first kappa shape index (κ1) is 19.9. The van der Waals surface area contributed by atoms with E-state index in [4.69, 9.17) is 0 Å². The fraction of sp³-hybridized carbons (Fsp3) is 0.200. The van der Waals surface area contributed by atoms with Crippen LogP contribution in [-0.2, 0) is 19.5 Å². The van der Waals surface area contributed by atoms with E-state index < -0.39 is 0 Å². The van der Waals surface area contributed by atoms with Gasteiger partial charge in [0.25, 0.3) is 5.91 Å². The standard InChI is InChI=1S/C25H25N3O2/c1-18(23-8-4-5-9-24(23)29)26-27-25(30)21-12-10-19(11-13-21)16-28-15-14-20-6-2-3-7-22(20)17-28/h2-13,29H,14-17H2,1H3,(H,27,30)/p+1/b26-18+. The first-order valence-electron chi connectivity index (χ1n) is 10.2. The minimum atomic E-state index is -0.268. The number of benzene rings is 3. The Labute approximate surface area is 176 Å². The summed E-state index contributed by atoms with van der Waals surface area (Å²) in [5.41, 5.74) is 8.40. The van der Waals surface area contributed by atoms with Gasteiger partial charge in [0.2, 0.25) is 0 Å². The van der Waals surface area contributed by atoms with Gasteiger partial charge >= 0.3 is 0 Å². The van der Waals surface area contributed by atoms with Crippen molar-refractivity contribution in [1.82, 2.24) is 5.43 Å². The zero-order valence-electron chi connectivity index (χ0n) is 17.1. The molecule has 0 aromatic heterocycles. The lowest BCUT2D eigenvalue weighted by molar-refractivity contribution is -0.929. The van der Waals surface area contributed by atoms with Crippen molar-refractivity contribution >= 4 is 11.6 Å². The van der Waals surface area contributed by atoms with Crippen molar-refractivity contribution in [2.45, 2.75) is 26.4 Å². The number of carbonyl (C=O) groups is 1. The first-order valence-corrected chi connectivity index (χ1v) is 10.2. The highest BCUT2D eigenvalue weighted by molar-refractivity contribution is 6.02. The van der Waals surface area contributed by atoms with Gasteiger partial charge in [0.05, 0.1) is 12.3 Å². The number of hydrogen-bond acceptors (Lipinski definition) is 3. The number of hydrogen-bond donors (Lipinski definition) is 3. The first-order chi connectivity index (χ1) is 14.6. The molecule has 0 bridgehead atoms. The van der Waals surface area contributed by atoms with E-state index in [2.05, 4.69) is 34.8 Å². The van der Waals surface area contributed by atoms with Crippen LogP contribution in [0.5, 0.6) is 5.75 Å². The van der Waals surface area contributed by atoms with E-state index in [1.54, 1.807) is 25.1 Å². The molecule has 3 aromatic rings. The molecule has 1 heterocycles. The average molecular weight is 401 g/mol. The number of fused-ring (bicyclic) bond motifs is 1. The van der Waals surface area contributed by atoms with Gasteiger partial charge in [-0.05, 0) is 36.8 Å². The van der Waals surface area contributed by atoms with E-state index in [1.807, 2.05) is 30.3 Å². The van der Waals surface area contributed by atoms with Gasteiger partial charge < -0.3 is 10.0 Å². The molecule has 30 heavy (non-hydrogen) atoms. The van der Waals surface area contributed by atoms with Crippen molar-refractivity contribution in [3.8, 4) is 5.75 Å². The summed E-state index contributed by atoms with van der Waals surface area (Å²) < 4.78 is 0. The quantitative estimate of drug-likeness (QED) is 0.455. The van der Waals surface area contributed by atoms with Crippen LogP contribution in [-0.4, -0.2) is 23.3 Å². The number of aromatic hydroxyl groups is 1. The molecule has 5 heteroatoms. The summed E-state index contributed by atoms with van der Waals surface area (Å²) >= 11 is 0. The number of phenols is 1. The summed E-state index contributed by atoms with van der Waals surface area (Å²) in [6.07, 6.45) is 1.11. The Kier molecular flexibility index (Phi) is 5.91. The SMILES string of the molecule is C/C(=N\NC(=O)c1ccc(C[NH+]2CCc3ccccc3C2)cc1)c1ccccc1O. The highest BCUT2D eigenvalue weighted by atomic mass is 16.3. The maximum atomic E-state index is 12.4. The number of rotatable bonds is 5. The van der Waals surface area contributed by atoms with Crippen LogP contribution in [0.25, 0.3) is 0 Å². The maximum Gasteiger partial charge on any atom is 0.271 e. The minimum Gasteiger partial charge on any atom is -0.507 e. The van der Waals surface area contributed by atoms with Crippen molar-refractivity contribution in [2.75, 3.05) is 6.54 Å². The number of phenolic OH excluding ortho intramolecular Hbond substituents is 1. The van der Waals surface area contributed by atoms with Crippen LogP contribution < -0.4 is 10.3 Å². The fourth-order valence-electron chi connectivity index (χ4n) is 3.90. The Morgan fingerprint density at radius 1 is 1.00 bits per heavy atom. The number of amides is 1. The second-order valence-corrected chi connectivity index (χ2v) is 7.72. The molecule has 1 amide bonds. The lowest BCUT2D eigenvalue weighted by atomic mass is 9.99. The molecule has 0 saturated heterocycles. The summed E-state index contributed by atoms with van der Waals surface area (Å²) in [4.78, 5) is 14.0. The number of para-hydroxylation sites is 1. The van der Waals surface area contributed by atoms with Gasteiger partial charge in [-0.2, -0.15) is 5.10 Å². The second-order valence-electron chi connectivity index (χ2n) is 7.72. The van der Waals surface area contributed by atoms with Gasteiger partial charge in [-0.1, -0.05) is 48.5 Å². The highest BCUT2D eigenvalue weighted by Crippen LogP contribution is 2.16. The molecule has 152 valence electrons. The predicted molar refractivity (Wildman–Crippen MR) is 118 cm³/mol. The molecule has 3 aromatic carbocycles. The van der Waals surface area contributed by atoms with Gasteiger partial charge in [-0.15, -0.1) is 0 Å². The fourth-order valence-corrected chi connectivity index (χ4v) is 3.90. The molecule has 1 unspecified atom stereocenters. The molecule has 5 nitrogen and oxygen atoms in total. The summed E-state index contributed by atoms with van der Waals surface area (Å²) in [5.74, 6) is -0.129. The van der Waals surface area contributed by atoms with Gasteiger partial charge in [0.1, 0.15) is 18.8 Å². The van der Waals surface area contributed by atoms with Crippen LogP contribution in [0.3, 0.4) is 0 Å². The Morgan fingerprint density at radius 3 is 2.47 bits per heavy atom. The van der Waals surface area contributed by atoms with E-state index in [-0.39, 0.29) is 11.7 Å². The van der Waals surface area contributed by atoms with E-state index >= 15 is 0 Å². The predicted octanol–water partition coefficient (Wildman–Crippen LogP) is 2.69. The van der Waals surface area contributed by atoms with Gasteiger partial charge in [0.15, 0.2) is 0 Å². The summed E-state index contributed by atoms with van der Waals surface area (Å²) in [7, 11) is 0. The average Bonchev–Trinajstić information content (AvgIpc) is 2.78. The molecule has 1 aliphatic rings. The third kappa shape index (κ3) is 4.58. The third-order valence-electron chi connectivity index (χ3n) is 5.60. The van der Waals surface area contributed by atoms with E-state index in [0.29, 0.717) is 16.8 Å². The van der Waals surface area contributed by atoms with Crippen LogP contribution in [0.2, 0.25) is 0 Å². The number of carbonyl (C=O) groups excluding carboxylic acids is 1. The normalized spacial score (nSPS) is 16.0. The molecule has 0 fully saturated rings. The molecule has 0 aliphatic carbocycles. The van der Waals surface area contributed by atoms with Crippen LogP contribution in [0.15, 0.2) is 77.9 Å². The lowest BCUT2D eigenvalue weighted by Crippen LogP contribution is -3.10. The van der Waals surface area contributed by atoms with Gasteiger partial charge in [-0.3, -0.25) is 4.79 Å². The number of nitrogens with zero attached hydrogens (tertiary/aromatic N) is 1. The minimum absolute atomic E-state index is 0.139. The topological polar surface area (TPSA) is 66.1 Å². The van der Waals surface area contributed by atoms with Crippen molar-refractivity contribution in [3.05, 3.63) is 101 Å². The van der Waals surface area contributed by atoms with Gasteiger partial charge in [0, 0.05) is 28.7 Å². The van der Waals surface area contributed by atoms with Crippen molar-refractivity contribution in [3.63, 3.8) is 0 Å². The van der Waals surface area contributed by atoms with E-state index in [1.165, 1.54) is 21.6 Å². The van der Waals surface area contributed by atoms with Crippen molar-refractivity contribution in [1.29, 1.82) is 0 Å². The molecule has 3 N–H and O–H groups in total. The van der Waals surface area contributed by atoms with Gasteiger partial charge in [-0.25, -0.2) is 5.43 Å². The molecule has 0 spiro atoms. The monoisotopic (exact) mass is 400 g/mol. The zero-order chi connectivity index (χ0) is 20.9. The summed E-state index contributed by atoms with van der Waals surface area (Å²) in [6.45, 7) is 4.86. The molecule has 0 saturated carbocycles. The Morgan fingerprint density at radius 2 is 1.70 bits per heavy atom. The molecule has 0 radical (unpaired) electrons. The third-order valence-corrected chi connectivity index (χ3v) is 5.60. The lowest BCUT2D eigenvalue weighted by Gasteiger charge is -2.26. The largest absolute Gasteiger partial charge is 0.507 e. The summed E-state index contributed by atoms with van der Waals surface area (Å²) in [5, 5.41) is 14.0. The number of quaternary nitrogens is 1. The Balaban J connectivity index is 1.36. The highest BCUT2D eigenvalue weighted by Gasteiger charge is 2.19.